The quantitative estimate of drug-likeness (QED) is 0.590. The Bertz CT molecular complexity index is 554. The Labute approximate surface area is 127 Å². The molecule has 0 aromatic heterocycles. The van der Waals surface area contributed by atoms with Crippen LogP contribution in [0.2, 0.25) is 0 Å². The third kappa shape index (κ3) is 4.59. The van der Waals surface area contributed by atoms with Gasteiger partial charge < -0.3 is 5.32 Å². The Morgan fingerprint density at radius 3 is 2.74 bits per heavy atom. The Balaban J connectivity index is 1.82. The van der Waals surface area contributed by atoms with Crippen molar-refractivity contribution in [2.75, 3.05) is 17.6 Å². The molecule has 1 N–H and O–H groups in total. The van der Waals surface area contributed by atoms with Crippen LogP contribution < -0.4 is 5.32 Å². The van der Waals surface area contributed by atoms with Crippen molar-refractivity contribution in [3.8, 4) is 0 Å². The zero-order valence-electron chi connectivity index (χ0n) is 11.2. The molecule has 19 heavy (non-hydrogen) atoms. The molecule has 0 aliphatic carbocycles. The van der Waals surface area contributed by atoms with Crippen LogP contribution in [0.1, 0.15) is 11.1 Å². The SMILES string of the molecule is Cc1ccc(C)c(SCCNc2cccc(Br)c2)c1. The van der Waals surface area contributed by atoms with Crippen LogP contribution in [0, 0.1) is 13.8 Å². The van der Waals surface area contributed by atoms with Crippen LogP contribution in [0.5, 0.6) is 0 Å². The summed E-state index contributed by atoms with van der Waals surface area (Å²) < 4.78 is 1.11. The standard InChI is InChI=1S/C16H18BrNS/c1-12-6-7-13(2)16(10-12)19-9-8-18-15-5-3-4-14(17)11-15/h3-7,10-11,18H,8-9H2,1-2H3. The minimum Gasteiger partial charge on any atom is -0.384 e. The topological polar surface area (TPSA) is 12.0 Å². The molecule has 0 unspecified atom stereocenters. The smallest absolute Gasteiger partial charge is 0.0351 e. The molecule has 0 bridgehead atoms. The Morgan fingerprint density at radius 1 is 1.11 bits per heavy atom. The Kier molecular flexibility index (Phi) is 5.34. The highest BCUT2D eigenvalue weighted by Crippen LogP contribution is 2.23. The van der Waals surface area contributed by atoms with Crippen LogP contribution in [0.25, 0.3) is 0 Å². The first-order chi connectivity index (χ1) is 9.15. The van der Waals surface area contributed by atoms with E-state index in [0.717, 1.165) is 22.5 Å². The van der Waals surface area contributed by atoms with Gasteiger partial charge in [0, 0.05) is 27.4 Å². The van der Waals surface area contributed by atoms with Crippen LogP contribution in [0.4, 0.5) is 5.69 Å². The van der Waals surface area contributed by atoms with E-state index in [0.29, 0.717) is 0 Å². The summed E-state index contributed by atoms with van der Waals surface area (Å²) >= 11 is 5.39. The first-order valence-corrected chi connectivity index (χ1v) is 8.12. The molecule has 3 heteroatoms. The number of thioether (sulfide) groups is 1. The molecule has 0 fully saturated rings. The number of benzene rings is 2. The number of hydrogen-bond acceptors (Lipinski definition) is 2. The second-order valence-electron chi connectivity index (χ2n) is 4.55. The van der Waals surface area contributed by atoms with Crippen molar-refractivity contribution < 1.29 is 0 Å². The largest absolute Gasteiger partial charge is 0.384 e. The molecule has 0 aliphatic heterocycles. The molecule has 100 valence electrons. The first-order valence-electron chi connectivity index (χ1n) is 6.34. The molecular weight excluding hydrogens is 318 g/mol. The van der Waals surface area contributed by atoms with Gasteiger partial charge in [0.1, 0.15) is 0 Å². The molecule has 0 atom stereocenters. The molecule has 0 amide bonds. The van der Waals surface area contributed by atoms with Crippen molar-refractivity contribution in [1.29, 1.82) is 0 Å². The van der Waals surface area contributed by atoms with Gasteiger partial charge in [-0.15, -0.1) is 11.8 Å². The van der Waals surface area contributed by atoms with Crippen molar-refractivity contribution in [3.05, 3.63) is 58.1 Å². The summed E-state index contributed by atoms with van der Waals surface area (Å²) in [5.41, 5.74) is 3.85. The van der Waals surface area contributed by atoms with Crippen LogP contribution in [-0.2, 0) is 0 Å². The number of hydrogen-bond donors (Lipinski definition) is 1. The molecule has 1 nitrogen and oxygen atoms in total. The van der Waals surface area contributed by atoms with E-state index in [1.165, 1.54) is 16.0 Å². The predicted molar refractivity (Wildman–Crippen MR) is 89.3 cm³/mol. The number of nitrogens with one attached hydrogen (secondary N) is 1. The lowest BCUT2D eigenvalue weighted by atomic mass is 10.2. The van der Waals surface area contributed by atoms with Gasteiger partial charge in [-0.05, 0) is 43.7 Å². The minimum atomic E-state index is 0.967. The molecular formula is C16H18BrNS. The monoisotopic (exact) mass is 335 g/mol. The van der Waals surface area contributed by atoms with Gasteiger partial charge in [-0.1, -0.05) is 39.7 Å². The van der Waals surface area contributed by atoms with E-state index < -0.39 is 0 Å². The lowest BCUT2D eigenvalue weighted by Crippen LogP contribution is -2.03. The third-order valence-corrected chi connectivity index (χ3v) is 4.51. The zero-order chi connectivity index (χ0) is 13.7. The second-order valence-corrected chi connectivity index (χ2v) is 6.61. The fourth-order valence-electron chi connectivity index (χ4n) is 1.82. The van der Waals surface area contributed by atoms with Crippen molar-refractivity contribution >= 4 is 33.4 Å². The van der Waals surface area contributed by atoms with E-state index in [9.17, 15) is 0 Å². The molecule has 0 spiro atoms. The van der Waals surface area contributed by atoms with Crippen molar-refractivity contribution in [2.24, 2.45) is 0 Å². The van der Waals surface area contributed by atoms with E-state index in [1.54, 1.807) is 0 Å². The lowest BCUT2D eigenvalue weighted by molar-refractivity contribution is 1.21. The van der Waals surface area contributed by atoms with E-state index in [2.05, 4.69) is 65.4 Å². The highest BCUT2D eigenvalue weighted by Gasteiger charge is 1.99. The van der Waals surface area contributed by atoms with Crippen LogP contribution in [0.15, 0.2) is 51.8 Å². The van der Waals surface area contributed by atoms with Crippen LogP contribution >= 0.6 is 27.7 Å². The van der Waals surface area contributed by atoms with Gasteiger partial charge in [0.15, 0.2) is 0 Å². The minimum absolute atomic E-state index is 0.967. The summed E-state index contributed by atoms with van der Waals surface area (Å²) in [5, 5.41) is 3.44. The van der Waals surface area contributed by atoms with Crippen molar-refractivity contribution in [3.63, 3.8) is 0 Å². The maximum absolute atomic E-state index is 3.48. The van der Waals surface area contributed by atoms with E-state index in [-0.39, 0.29) is 0 Å². The third-order valence-electron chi connectivity index (χ3n) is 2.86. The van der Waals surface area contributed by atoms with E-state index in [1.807, 2.05) is 23.9 Å². The van der Waals surface area contributed by atoms with E-state index >= 15 is 0 Å². The van der Waals surface area contributed by atoms with Gasteiger partial charge in [-0.25, -0.2) is 0 Å². The summed E-state index contributed by atoms with van der Waals surface area (Å²) in [6.07, 6.45) is 0. The average molecular weight is 336 g/mol. The fraction of sp³-hybridized carbons (Fsp3) is 0.250. The normalized spacial score (nSPS) is 10.5. The Hall–Kier alpha value is -0.930. The van der Waals surface area contributed by atoms with Gasteiger partial charge in [0.25, 0.3) is 0 Å². The van der Waals surface area contributed by atoms with Gasteiger partial charge >= 0.3 is 0 Å². The van der Waals surface area contributed by atoms with Gasteiger partial charge in [-0.2, -0.15) is 0 Å². The maximum atomic E-state index is 3.48. The van der Waals surface area contributed by atoms with Gasteiger partial charge in [-0.3, -0.25) is 0 Å². The van der Waals surface area contributed by atoms with E-state index in [4.69, 9.17) is 0 Å². The molecule has 0 radical (unpaired) electrons. The fourth-order valence-corrected chi connectivity index (χ4v) is 3.21. The summed E-state index contributed by atoms with van der Waals surface area (Å²) in [6.45, 7) is 5.28. The summed E-state index contributed by atoms with van der Waals surface area (Å²) in [7, 11) is 0. The molecule has 0 saturated carbocycles. The zero-order valence-corrected chi connectivity index (χ0v) is 13.6. The van der Waals surface area contributed by atoms with Gasteiger partial charge in [0.2, 0.25) is 0 Å². The molecule has 0 saturated heterocycles. The number of rotatable bonds is 5. The maximum Gasteiger partial charge on any atom is 0.0351 e. The van der Waals surface area contributed by atoms with Crippen LogP contribution in [-0.4, -0.2) is 12.3 Å². The molecule has 2 aromatic carbocycles. The Morgan fingerprint density at radius 2 is 1.95 bits per heavy atom. The molecule has 0 aliphatic rings. The summed E-state index contributed by atoms with van der Waals surface area (Å²) in [4.78, 5) is 1.39. The second kappa shape index (κ2) is 7.01. The number of aryl methyl sites for hydroxylation is 2. The summed E-state index contributed by atoms with van der Waals surface area (Å²) in [6, 6.07) is 14.9. The lowest BCUT2D eigenvalue weighted by Gasteiger charge is -2.09. The molecule has 2 rings (SSSR count). The number of halogens is 1. The first kappa shape index (κ1) is 14.5. The number of anilines is 1. The highest BCUT2D eigenvalue weighted by atomic mass is 79.9. The average Bonchev–Trinajstić information content (AvgIpc) is 2.39. The van der Waals surface area contributed by atoms with Crippen molar-refractivity contribution in [1.82, 2.24) is 0 Å². The highest BCUT2D eigenvalue weighted by molar-refractivity contribution is 9.10. The van der Waals surface area contributed by atoms with Crippen LogP contribution in [0.3, 0.4) is 0 Å². The molecule has 0 heterocycles. The molecule has 2 aromatic rings. The van der Waals surface area contributed by atoms with Gasteiger partial charge in [0.05, 0.1) is 0 Å². The van der Waals surface area contributed by atoms with Crippen molar-refractivity contribution in [2.45, 2.75) is 18.7 Å². The predicted octanol–water partition coefficient (Wildman–Crippen LogP) is 5.27. The summed E-state index contributed by atoms with van der Waals surface area (Å²) in [5.74, 6) is 1.07.